The number of hydrogen-bond donors (Lipinski definition) is 2. The number of unbranched alkanes of at least 4 members (excludes halogenated alkanes) is 1. The van der Waals surface area contributed by atoms with Crippen molar-refractivity contribution < 1.29 is 9.84 Å². The molecule has 118 valence electrons. The first kappa shape index (κ1) is 16.8. The Morgan fingerprint density at radius 1 is 1.00 bits per heavy atom. The molecule has 0 aliphatic carbocycles. The Morgan fingerprint density at radius 3 is 2.55 bits per heavy atom. The first-order valence-electron chi connectivity index (χ1n) is 7.55. The van der Waals surface area contributed by atoms with Gasteiger partial charge in [-0.25, -0.2) is 0 Å². The minimum Gasteiger partial charge on any atom is -0.489 e. The van der Waals surface area contributed by atoms with Gasteiger partial charge in [0.2, 0.25) is 0 Å². The molecule has 0 fully saturated rings. The number of nitrogens with one attached hydrogen (secondary N) is 1. The van der Waals surface area contributed by atoms with E-state index in [0.717, 1.165) is 42.3 Å². The lowest BCUT2D eigenvalue weighted by Crippen LogP contribution is -2.14. The van der Waals surface area contributed by atoms with E-state index < -0.39 is 0 Å². The summed E-state index contributed by atoms with van der Waals surface area (Å²) in [4.78, 5) is 0. The fraction of sp³-hybridized carbons (Fsp3) is 0.333. The van der Waals surface area contributed by atoms with Gasteiger partial charge in [0.05, 0.1) is 0 Å². The van der Waals surface area contributed by atoms with E-state index in [1.54, 1.807) is 0 Å². The zero-order valence-corrected chi connectivity index (χ0v) is 13.4. The average molecular weight is 320 g/mol. The number of benzene rings is 2. The van der Waals surface area contributed by atoms with Gasteiger partial charge in [0, 0.05) is 18.2 Å². The monoisotopic (exact) mass is 319 g/mol. The van der Waals surface area contributed by atoms with Crippen molar-refractivity contribution in [3.63, 3.8) is 0 Å². The molecule has 2 rings (SSSR count). The predicted molar refractivity (Wildman–Crippen MR) is 90.3 cm³/mol. The molecule has 0 bridgehead atoms. The van der Waals surface area contributed by atoms with E-state index in [1.807, 2.05) is 36.4 Å². The van der Waals surface area contributed by atoms with Gasteiger partial charge in [0.15, 0.2) is 0 Å². The van der Waals surface area contributed by atoms with Crippen molar-refractivity contribution >= 4 is 11.6 Å². The van der Waals surface area contributed by atoms with Crippen LogP contribution in [0.25, 0.3) is 0 Å². The molecule has 0 spiro atoms. The van der Waals surface area contributed by atoms with Crippen LogP contribution < -0.4 is 10.1 Å². The Morgan fingerprint density at radius 2 is 1.82 bits per heavy atom. The van der Waals surface area contributed by atoms with Crippen LogP contribution in [0, 0.1) is 0 Å². The summed E-state index contributed by atoms with van der Waals surface area (Å²) in [5.41, 5.74) is 2.28. The molecule has 0 atom stereocenters. The van der Waals surface area contributed by atoms with Crippen molar-refractivity contribution in [1.82, 2.24) is 5.32 Å². The first-order chi connectivity index (χ1) is 10.8. The molecule has 2 N–H and O–H groups in total. The lowest BCUT2D eigenvalue weighted by Gasteiger charge is -2.08. The topological polar surface area (TPSA) is 41.5 Å². The van der Waals surface area contributed by atoms with Gasteiger partial charge >= 0.3 is 0 Å². The quantitative estimate of drug-likeness (QED) is 0.691. The van der Waals surface area contributed by atoms with E-state index in [1.165, 1.54) is 5.56 Å². The minimum absolute atomic E-state index is 0.264. The molecule has 3 nitrogen and oxygen atoms in total. The maximum atomic E-state index is 8.71. The van der Waals surface area contributed by atoms with Crippen molar-refractivity contribution in [3.05, 3.63) is 64.7 Å². The van der Waals surface area contributed by atoms with Crippen molar-refractivity contribution in [3.8, 4) is 5.75 Å². The van der Waals surface area contributed by atoms with Crippen LogP contribution in [-0.4, -0.2) is 18.3 Å². The highest BCUT2D eigenvalue weighted by atomic mass is 35.5. The lowest BCUT2D eigenvalue weighted by atomic mass is 10.2. The van der Waals surface area contributed by atoms with Gasteiger partial charge in [-0.3, -0.25) is 0 Å². The maximum absolute atomic E-state index is 8.71. The Balaban J connectivity index is 1.74. The van der Waals surface area contributed by atoms with E-state index in [4.69, 9.17) is 21.4 Å². The van der Waals surface area contributed by atoms with Crippen LogP contribution in [0.3, 0.4) is 0 Å². The number of aliphatic hydroxyl groups excluding tert-OH is 1. The van der Waals surface area contributed by atoms with Gasteiger partial charge in [0.1, 0.15) is 12.4 Å². The molecule has 0 amide bonds. The molecule has 2 aromatic rings. The van der Waals surface area contributed by atoms with Gasteiger partial charge in [-0.15, -0.1) is 0 Å². The third-order valence-corrected chi connectivity index (χ3v) is 3.54. The van der Waals surface area contributed by atoms with E-state index in [-0.39, 0.29) is 6.61 Å². The molecule has 0 saturated carbocycles. The van der Waals surface area contributed by atoms with Crippen LogP contribution in [-0.2, 0) is 13.2 Å². The summed E-state index contributed by atoms with van der Waals surface area (Å²) in [5, 5.41) is 12.8. The molecule has 0 aliphatic rings. The molecular formula is C18H22ClNO2. The number of halogens is 1. The average Bonchev–Trinajstić information content (AvgIpc) is 2.54. The third kappa shape index (κ3) is 6.06. The third-order valence-electron chi connectivity index (χ3n) is 3.31. The number of hydrogen-bond acceptors (Lipinski definition) is 3. The Hall–Kier alpha value is -1.55. The Labute approximate surface area is 136 Å². The van der Waals surface area contributed by atoms with Crippen LogP contribution in [0.2, 0.25) is 5.02 Å². The van der Waals surface area contributed by atoms with E-state index in [2.05, 4.69) is 17.4 Å². The largest absolute Gasteiger partial charge is 0.489 e. The van der Waals surface area contributed by atoms with Crippen LogP contribution in [0.5, 0.6) is 5.75 Å². The molecular weight excluding hydrogens is 298 g/mol. The van der Waals surface area contributed by atoms with E-state index in [9.17, 15) is 0 Å². The highest BCUT2D eigenvalue weighted by Crippen LogP contribution is 2.16. The summed E-state index contributed by atoms with van der Waals surface area (Å²) in [6.45, 7) is 2.53. The molecule has 0 heterocycles. The van der Waals surface area contributed by atoms with Crippen molar-refractivity contribution in [2.24, 2.45) is 0 Å². The molecule has 22 heavy (non-hydrogen) atoms. The minimum atomic E-state index is 0.264. The number of ether oxygens (including phenoxy) is 1. The molecule has 2 aromatic carbocycles. The van der Waals surface area contributed by atoms with Crippen molar-refractivity contribution in [2.75, 3.05) is 13.2 Å². The van der Waals surface area contributed by atoms with Crippen LogP contribution in [0.15, 0.2) is 48.5 Å². The summed E-state index contributed by atoms with van der Waals surface area (Å²) >= 11 is 5.95. The highest BCUT2D eigenvalue weighted by Gasteiger charge is 1.98. The molecule has 0 aliphatic heterocycles. The van der Waals surface area contributed by atoms with Gasteiger partial charge in [-0.1, -0.05) is 35.9 Å². The fourth-order valence-corrected chi connectivity index (χ4v) is 2.30. The van der Waals surface area contributed by atoms with E-state index >= 15 is 0 Å². The Kier molecular flexibility index (Phi) is 7.23. The molecule has 0 saturated heterocycles. The van der Waals surface area contributed by atoms with Crippen molar-refractivity contribution in [2.45, 2.75) is 26.0 Å². The molecule has 0 aromatic heterocycles. The number of aliphatic hydroxyl groups is 1. The zero-order valence-electron chi connectivity index (χ0n) is 12.6. The second-order valence-corrected chi connectivity index (χ2v) is 5.61. The second-order valence-electron chi connectivity index (χ2n) is 5.17. The van der Waals surface area contributed by atoms with Gasteiger partial charge in [-0.2, -0.15) is 0 Å². The predicted octanol–water partition coefficient (Wildman–Crippen LogP) is 3.78. The van der Waals surface area contributed by atoms with Crippen LogP contribution >= 0.6 is 11.6 Å². The maximum Gasteiger partial charge on any atom is 0.119 e. The van der Waals surface area contributed by atoms with Gasteiger partial charge < -0.3 is 15.2 Å². The summed E-state index contributed by atoms with van der Waals surface area (Å²) in [6.07, 6.45) is 1.85. The fourth-order valence-electron chi connectivity index (χ4n) is 2.09. The molecule has 0 unspecified atom stereocenters. The standard InChI is InChI=1S/C18H22ClNO2/c19-17-5-3-4-16(12-17)14-22-18-8-6-15(7-9-18)13-20-10-1-2-11-21/h3-9,12,20-21H,1-2,10-11,13-14H2. The number of rotatable bonds is 9. The zero-order chi connectivity index (χ0) is 15.6. The lowest BCUT2D eigenvalue weighted by molar-refractivity contribution is 0.283. The van der Waals surface area contributed by atoms with Gasteiger partial charge in [0.25, 0.3) is 0 Å². The summed E-state index contributed by atoms with van der Waals surface area (Å²) in [7, 11) is 0. The normalized spacial score (nSPS) is 10.6. The first-order valence-corrected chi connectivity index (χ1v) is 7.93. The summed E-state index contributed by atoms with van der Waals surface area (Å²) < 4.78 is 5.75. The summed E-state index contributed by atoms with van der Waals surface area (Å²) in [5.74, 6) is 0.851. The van der Waals surface area contributed by atoms with Crippen LogP contribution in [0.4, 0.5) is 0 Å². The highest BCUT2D eigenvalue weighted by molar-refractivity contribution is 6.30. The Bertz CT molecular complexity index is 557. The smallest absolute Gasteiger partial charge is 0.119 e. The SMILES string of the molecule is OCCCCNCc1ccc(OCc2cccc(Cl)c2)cc1. The van der Waals surface area contributed by atoms with Crippen LogP contribution in [0.1, 0.15) is 24.0 Å². The summed E-state index contributed by atoms with van der Waals surface area (Å²) in [6, 6.07) is 15.8. The van der Waals surface area contributed by atoms with Gasteiger partial charge in [-0.05, 0) is 54.8 Å². The van der Waals surface area contributed by atoms with E-state index in [0.29, 0.717) is 6.61 Å². The van der Waals surface area contributed by atoms with Crippen molar-refractivity contribution in [1.29, 1.82) is 0 Å². The molecule has 0 radical (unpaired) electrons. The molecule has 4 heteroatoms. The second kappa shape index (κ2) is 9.46.